The van der Waals surface area contributed by atoms with Gasteiger partial charge in [0.05, 0.1) is 24.5 Å². The minimum atomic E-state index is -0.980. The molecular weight excluding hydrogens is 294 g/mol. The molecule has 2 rings (SSSR count). The highest BCUT2D eigenvalue weighted by atomic mass is 32.2. The number of methoxy groups -OCH3 is 1. The molecule has 0 spiro atoms. The molecule has 1 heterocycles. The summed E-state index contributed by atoms with van der Waals surface area (Å²) >= 11 is 1.31. The van der Waals surface area contributed by atoms with Crippen LogP contribution < -0.4 is 5.32 Å². The molecule has 0 fully saturated rings. The Balaban J connectivity index is 1.96. The number of para-hydroxylation sites is 1. The third-order valence-electron chi connectivity index (χ3n) is 2.90. The van der Waals surface area contributed by atoms with E-state index >= 15 is 0 Å². The number of anilines is 1. The molecule has 21 heavy (non-hydrogen) atoms. The fraction of sp³-hybridized carbons (Fsp3) is 0.357. The van der Waals surface area contributed by atoms with Crippen LogP contribution in [0.4, 0.5) is 5.69 Å². The summed E-state index contributed by atoms with van der Waals surface area (Å²) in [4.78, 5) is 35.8. The molecule has 0 unspecified atom stereocenters. The molecule has 1 N–H and O–H groups in total. The Kier molecular flexibility index (Phi) is 4.85. The van der Waals surface area contributed by atoms with E-state index < -0.39 is 23.3 Å². The van der Waals surface area contributed by atoms with Crippen molar-refractivity contribution < 1.29 is 23.9 Å². The van der Waals surface area contributed by atoms with Crippen molar-refractivity contribution in [3.05, 3.63) is 24.3 Å². The van der Waals surface area contributed by atoms with E-state index in [4.69, 9.17) is 4.74 Å². The van der Waals surface area contributed by atoms with Crippen molar-refractivity contribution in [2.45, 2.75) is 29.6 Å². The van der Waals surface area contributed by atoms with Gasteiger partial charge in [0, 0.05) is 4.90 Å². The van der Waals surface area contributed by atoms with E-state index in [0.29, 0.717) is 0 Å². The second-order valence-corrected chi connectivity index (χ2v) is 5.70. The van der Waals surface area contributed by atoms with Crippen LogP contribution in [0.5, 0.6) is 0 Å². The predicted octanol–water partition coefficient (Wildman–Crippen LogP) is 1.59. The first-order valence-electron chi connectivity index (χ1n) is 6.35. The largest absolute Gasteiger partial charge is 0.466 e. The number of fused-ring (bicyclic) bond motifs is 1. The van der Waals surface area contributed by atoms with E-state index in [0.717, 1.165) is 10.6 Å². The smallest absolute Gasteiger partial charge is 0.346 e. The number of carbonyl (C=O) groups is 3. The first-order valence-corrected chi connectivity index (χ1v) is 7.23. The lowest BCUT2D eigenvalue weighted by Crippen LogP contribution is -2.33. The first-order chi connectivity index (χ1) is 10.0. The Morgan fingerprint density at radius 1 is 1.38 bits per heavy atom. The molecular formula is C14H15NO5S. The van der Waals surface area contributed by atoms with E-state index in [-0.39, 0.29) is 12.3 Å². The van der Waals surface area contributed by atoms with Gasteiger partial charge in [0.1, 0.15) is 0 Å². The van der Waals surface area contributed by atoms with E-state index in [1.165, 1.54) is 25.8 Å². The molecule has 7 heteroatoms. The van der Waals surface area contributed by atoms with Gasteiger partial charge < -0.3 is 14.8 Å². The molecule has 0 bridgehead atoms. The molecule has 112 valence electrons. The van der Waals surface area contributed by atoms with Gasteiger partial charge >= 0.3 is 11.9 Å². The zero-order valence-corrected chi connectivity index (χ0v) is 12.4. The summed E-state index contributed by atoms with van der Waals surface area (Å²) in [6.07, 6.45) is -1.09. The van der Waals surface area contributed by atoms with E-state index in [2.05, 4.69) is 10.1 Å². The zero-order valence-electron chi connectivity index (χ0n) is 11.6. The van der Waals surface area contributed by atoms with Gasteiger partial charge in [0.15, 0.2) is 6.10 Å². The number of nitrogens with one attached hydrogen (secondary N) is 1. The first kappa shape index (κ1) is 15.4. The monoisotopic (exact) mass is 309 g/mol. The Labute approximate surface area is 126 Å². The highest BCUT2D eigenvalue weighted by Gasteiger charge is 2.30. The number of hydrogen-bond donors (Lipinski definition) is 1. The molecule has 1 aliphatic heterocycles. The van der Waals surface area contributed by atoms with Crippen molar-refractivity contribution in [2.24, 2.45) is 0 Å². The minimum Gasteiger partial charge on any atom is -0.466 e. The Bertz CT molecular complexity index is 574. The zero-order chi connectivity index (χ0) is 15.4. The third kappa shape index (κ3) is 3.75. The van der Waals surface area contributed by atoms with Crippen molar-refractivity contribution in [1.29, 1.82) is 0 Å². The van der Waals surface area contributed by atoms with Gasteiger partial charge in [-0.1, -0.05) is 12.1 Å². The summed E-state index contributed by atoms with van der Waals surface area (Å²) in [7, 11) is 1.22. The maximum absolute atomic E-state index is 11.9. The molecule has 1 aromatic rings. The van der Waals surface area contributed by atoms with Crippen molar-refractivity contribution >= 4 is 35.3 Å². The van der Waals surface area contributed by atoms with E-state index in [9.17, 15) is 14.4 Å². The lowest BCUT2D eigenvalue weighted by molar-refractivity contribution is -0.164. The highest BCUT2D eigenvalue weighted by molar-refractivity contribution is 8.01. The minimum absolute atomic E-state index is 0.105. The SMILES string of the molecule is COC(=O)[C@@H](C)OC(=O)C[C@@H]1Sc2ccccc2NC1=O. The van der Waals surface area contributed by atoms with Crippen LogP contribution in [0.3, 0.4) is 0 Å². The lowest BCUT2D eigenvalue weighted by Gasteiger charge is -2.23. The normalized spacial score (nSPS) is 18.2. The van der Waals surface area contributed by atoms with Crippen LogP contribution >= 0.6 is 11.8 Å². The maximum atomic E-state index is 11.9. The number of benzene rings is 1. The molecule has 0 aromatic heterocycles. The molecule has 0 saturated carbocycles. The number of esters is 2. The average Bonchev–Trinajstić information content (AvgIpc) is 2.47. The van der Waals surface area contributed by atoms with Crippen LogP contribution in [-0.4, -0.2) is 36.3 Å². The second-order valence-electron chi connectivity index (χ2n) is 4.45. The number of thioether (sulfide) groups is 1. The quantitative estimate of drug-likeness (QED) is 0.851. The molecule has 2 atom stereocenters. The fourth-order valence-electron chi connectivity index (χ4n) is 1.84. The molecule has 6 nitrogen and oxygen atoms in total. The Hall–Kier alpha value is -2.02. The van der Waals surface area contributed by atoms with E-state index in [1.54, 1.807) is 6.07 Å². The maximum Gasteiger partial charge on any atom is 0.346 e. The number of ether oxygens (including phenoxy) is 2. The number of hydrogen-bond acceptors (Lipinski definition) is 6. The lowest BCUT2D eigenvalue weighted by atomic mass is 10.2. The summed E-state index contributed by atoms with van der Waals surface area (Å²) in [5, 5.41) is 2.17. The van der Waals surface area contributed by atoms with Crippen LogP contribution in [0.15, 0.2) is 29.2 Å². The summed E-state index contributed by atoms with van der Waals surface area (Å²) in [6.45, 7) is 1.42. The summed E-state index contributed by atoms with van der Waals surface area (Å²) in [6, 6.07) is 7.35. The van der Waals surface area contributed by atoms with Crippen LogP contribution in [0.25, 0.3) is 0 Å². The van der Waals surface area contributed by atoms with E-state index in [1.807, 2.05) is 18.2 Å². The molecule has 0 aliphatic carbocycles. The van der Waals surface area contributed by atoms with Gasteiger partial charge in [-0.3, -0.25) is 9.59 Å². The number of rotatable bonds is 4. The van der Waals surface area contributed by atoms with Crippen molar-refractivity contribution in [3.8, 4) is 0 Å². The van der Waals surface area contributed by atoms with Crippen molar-refractivity contribution in [1.82, 2.24) is 0 Å². The van der Waals surface area contributed by atoms with Gasteiger partial charge in [-0.2, -0.15) is 0 Å². The second kappa shape index (κ2) is 6.62. The Morgan fingerprint density at radius 3 is 2.81 bits per heavy atom. The molecule has 0 saturated heterocycles. The van der Waals surface area contributed by atoms with Crippen LogP contribution in [0.1, 0.15) is 13.3 Å². The Morgan fingerprint density at radius 2 is 2.10 bits per heavy atom. The average molecular weight is 309 g/mol. The number of carbonyl (C=O) groups excluding carboxylic acids is 3. The fourth-order valence-corrected chi connectivity index (χ4v) is 2.93. The standard InChI is InChI=1S/C14H15NO5S/c1-8(14(18)19-2)20-12(16)7-11-13(17)15-9-5-3-4-6-10(9)21-11/h3-6,8,11H,7H2,1-2H3,(H,15,17)/t8-,11+/m1/s1. The molecule has 1 aliphatic rings. The topological polar surface area (TPSA) is 81.7 Å². The van der Waals surface area contributed by atoms with Crippen LogP contribution in [-0.2, 0) is 23.9 Å². The third-order valence-corrected chi connectivity index (χ3v) is 4.18. The number of amides is 1. The summed E-state index contributed by atoms with van der Waals surface area (Å²) in [5.74, 6) is -1.49. The summed E-state index contributed by atoms with van der Waals surface area (Å²) in [5.41, 5.74) is 0.736. The molecule has 0 radical (unpaired) electrons. The van der Waals surface area contributed by atoms with Gasteiger partial charge in [0.2, 0.25) is 5.91 Å². The van der Waals surface area contributed by atoms with Gasteiger partial charge in [-0.05, 0) is 19.1 Å². The molecule has 1 aromatic carbocycles. The summed E-state index contributed by atoms with van der Waals surface area (Å²) < 4.78 is 9.41. The van der Waals surface area contributed by atoms with Gasteiger partial charge in [-0.15, -0.1) is 11.8 Å². The molecule has 1 amide bonds. The van der Waals surface area contributed by atoms with Crippen molar-refractivity contribution in [2.75, 3.05) is 12.4 Å². The van der Waals surface area contributed by atoms with Gasteiger partial charge in [-0.25, -0.2) is 4.79 Å². The van der Waals surface area contributed by atoms with Gasteiger partial charge in [0.25, 0.3) is 0 Å². The highest BCUT2D eigenvalue weighted by Crippen LogP contribution is 2.36. The van der Waals surface area contributed by atoms with Crippen LogP contribution in [0, 0.1) is 0 Å². The van der Waals surface area contributed by atoms with Crippen LogP contribution in [0.2, 0.25) is 0 Å². The predicted molar refractivity (Wildman–Crippen MR) is 76.9 cm³/mol. The van der Waals surface area contributed by atoms with Crippen molar-refractivity contribution in [3.63, 3.8) is 0 Å².